The molecule has 19 valence electrons. The Labute approximate surface area is 116 Å². The van der Waals surface area contributed by atoms with Gasteiger partial charge in [-0.25, -0.2) is 0 Å². The van der Waals surface area contributed by atoms with Crippen LogP contribution in [-0.4, -0.2) is 50.4 Å². The van der Waals surface area contributed by atoms with Crippen LogP contribution in [0, 0.1) is 0 Å². The van der Waals surface area contributed by atoms with Crippen molar-refractivity contribution in [1.82, 2.24) is 0 Å². The Kier molecular flexibility index (Phi) is 188. The zero-order valence-corrected chi connectivity index (χ0v) is 15.3. The van der Waals surface area contributed by atoms with Gasteiger partial charge in [-0.15, -0.1) is 0 Å². The second kappa shape index (κ2) is 25.1. The van der Waals surface area contributed by atoms with Crippen LogP contribution in [0.5, 0.6) is 0 Å². The summed E-state index contributed by atoms with van der Waals surface area (Å²) >= 11 is 0. The van der Waals surface area contributed by atoms with E-state index >= 15 is 0 Å². The molecule has 5 heavy (non-hydrogen) atoms. The van der Waals surface area contributed by atoms with E-state index in [0.29, 0.717) is 0 Å². The first-order valence-corrected chi connectivity index (χ1v) is 0. The van der Waals surface area contributed by atoms with Crippen molar-refractivity contribution in [3.8, 4) is 0 Å². The molecule has 0 atom stereocenters. The predicted octanol–water partition coefficient (Wildman–Crippen LogP) is -3.43. The monoisotopic (exact) mass is 499 g/mol. The van der Waals surface area contributed by atoms with Gasteiger partial charge in [0.05, 0.1) is 0 Å². The average Bonchev–Trinajstić information content (AvgIpc) is 0. The predicted molar refractivity (Wildman–Crippen MR) is 14.8 cm³/mol. The van der Waals surface area contributed by atoms with Gasteiger partial charge < -0.3 is 4.28 Å². The van der Waals surface area contributed by atoms with Crippen molar-refractivity contribution in [2.24, 2.45) is 0 Å². The molecule has 5 radical (unpaired) electrons. The maximum absolute atomic E-state index is 0. The summed E-state index contributed by atoms with van der Waals surface area (Å²) in [7, 11) is 0. The minimum Gasteiger partial charge on any atom is -1.00 e. The molecule has 5 heteroatoms. The van der Waals surface area contributed by atoms with Gasteiger partial charge in [-0.05, 0) is 0 Å². The summed E-state index contributed by atoms with van der Waals surface area (Å²) in [6.07, 6.45) is 0. The normalized spacial score (nSPS) is 0. The Balaban J connectivity index is 0. The zero-order chi connectivity index (χ0) is 0. The maximum atomic E-state index is 0. The topological polar surface area (TPSA) is 0 Å². The molecular formula is H3HgLiMgMnPb. The minimum absolute atomic E-state index is 0. The molecule has 0 aliphatic rings. The number of rotatable bonds is 0. The summed E-state index contributed by atoms with van der Waals surface area (Å²) in [5.74, 6) is 0. The van der Waals surface area contributed by atoms with Gasteiger partial charge in [-0.3, -0.25) is 0 Å². The molecule has 0 aromatic rings. The first-order valence-electron chi connectivity index (χ1n) is 0. The van der Waals surface area contributed by atoms with Crippen molar-refractivity contribution in [2.75, 3.05) is 0 Å². The third-order valence-electron chi connectivity index (χ3n) is 0. The van der Waals surface area contributed by atoms with Crippen LogP contribution in [0.3, 0.4) is 0 Å². The fourth-order valence-corrected chi connectivity index (χ4v) is 0. The van der Waals surface area contributed by atoms with Crippen LogP contribution in [0.4, 0.5) is 0 Å². The fourth-order valence-electron chi connectivity index (χ4n) is 0. The first-order chi connectivity index (χ1) is 0. The molecule has 0 spiro atoms. The van der Waals surface area contributed by atoms with Gasteiger partial charge in [-0.1, -0.05) is 0 Å². The van der Waals surface area contributed by atoms with E-state index in [0.717, 1.165) is 0 Å². The Morgan fingerprint density at radius 1 is 1.20 bits per heavy atom. The standard InChI is InChI=1S/Hg.Li.Mg.Mn.Pb.3H/q;+1;+2;;;3*-1. The van der Waals surface area contributed by atoms with Gasteiger partial charge in [0.1, 0.15) is 0 Å². The summed E-state index contributed by atoms with van der Waals surface area (Å²) in [5.41, 5.74) is 0. The summed E-state index contributed by atoms with van der Waals surface area (Å²) < 4.78 is 0. The van der Waals surface area contributed by atoms with Gasteiger partial charge in [0.25, 0.3) is 0 Å². The van der Waals surface area contributed by atoms with Gasteiger partial charge in [0.2, 0.25) is 0 Å². The molecule has 0 aliphatic carbocycles. The van der Waals surface area contributed by atoms with E-state index in [4.69, 9.17) is 0 Å². The molecule has 0 unspecified atom stereocenters. The Bertz CT molecular complexity index is 19.2. The molecule has 0 aromatic heterocycles. The number of hydrogen-bond acceptors (Lipinski definition) is 0. The van der Waals surface area contributed by atoms with Gasteiger partial charge in [-0.2, -0.15) is 0 Å². The van der Waals surface area contributed by atoms with Crippen molar-refractivity contribution >= 4 is 50.4 Å². The van der Waals surface area contributed by atoms with E-state index in [-0.39, 0.29) is 118 Å². The molecule has 0 heterocycles. The van der Waals surface area contributed by atoms with E-state index in [2.05, 4.69) is 0 Å². The first kappa shape index (κ1) is 37.4. The molecule has 0 rings (SSSR count). The third-order valence-corrected chi connectivity index (χ3v) is 0. The number of hydrogen-bond donors (Lipinski definition) is 0. The van der Waals surface area contributed by atoms with Crippen molar-refractivity contribution in [1.29, 1.82) is 0 Å². The summed E-state index contributed by atoms with van der Waals surface area (Å²) in [6.45, 7) is 0. The van der Waals surface area contributed by atoms with E-state index in [9.17, 15) is 0 Å². The van der Waals surface area contributed by atoms with Crippen molar-refractivity contribution in [2.45, 2.75) is 0 Å². The van der Waals surface area contributed by atoms with E-state index in [1.54, 1.807) is 0 Å². The van der Waals surface area contributed by atoms with E-state index in [1.807, 2.05) is 0 Å². The Morgan fingerprint density at radius 2 is 1.20 bits per heavy atom. The largest absolute Gasteiger partial charge is 2.00 e. The summed E-state index contributed by atoms with van der Waals surface area (Å²) in [5, 5.41) is 0. The smallest absolute Gasteiger partial charge is 1.00 e. The quantitative estimate of drug-likeness (QED) is 0.306. The molecule has 0 aliphatic heterocycles. The van der Waals surface area contributed by atoms with Crippen LogP contribution in [0.2, 0.25) is 0 Å². The molecule has 0 saturated heterocycles. The summed E-state index contributed by atoms with van der Waals surface area (Å²) in [4.78, 5) is 0. The second-order valence-corrected chi connectivity index (χ2v) is 0. The van der Waals surface area contributed by atoms with E-state index in [1.165, 1.54) is 0 Å². The molecule has 0 N–H and O–H groups in total. The summed E-state index contributed by atoms with van der Waals surface area (Å²) in [6, 6.07) is 0. The van der Waals surface area contributed by atoms with Crippen LogP contribution < -0.4 is 18.9 Å². The van der Waals surface area contributed by atoms with Crippen molar-refractivity contribution < 1.29 is 67.9 Å². The molecule has 0 fully saturated rings. The maximum Gasteiger partial charge on any atom is 2.00 e. The fraction of sp³-hybridized carbons (Fsp3) is 0. The van der Waals surface area contributed by atoms with Gasteiger partial charge >= 0.3 is 41.9 Å². The van der Waals surface area contributed by atoms with Crippen LogP contribution >= 0.6 is 0 Å². The van der Waals surface area contributed by atoms with Crippen LogP contribution in [-0.2, 0) is 44.7 Å². The minimum atomic E-state index is 0. The third kappa shape index (κ3) is 18.2. The van der Waals surface area contributed by atoms with Crippen LogP contribution in [0.25, 0.3) is 0 Å². The zero-order valence-electron chi connectivity index (χ0n) is 6.29. The molecule has 0 amide bonds. The molecular weight excluding hydrogens is 494 g/mol. The van der Waals surface area contributed by atoms with Crippen molar-refractivity contribution in [3.63, 3.8) is 0 Å². The van der Waals surface area contributed by atoms with Crippen LogP contribution in [0.1, 0.15) is 4.28 Å². The Hall–Kier alpha value is 3.74. The van der Waals surface area contributed by atoms with Crippen molar-refractivity contribution in [3.05, 3.63) is 0 Å². The molecule has 0 aromatic carbocycles. The van der Waals surface area contributed by atoms with Gasteiger partial charge in [0, 0.05) is 72.0 Å². The van der Waals surface area contributed by atoms with Crippen LogP contribution in [0.15, 0.2) is 0 Å². The van der Waals surface area contributed by atoms with E-state index < -0.39 is 0 Å². The Morgan fingerprint density at radius 3 is 1.20 bits per heavy atom. The average molecular weight is 497 g/mol. The molecule has 0 bridgehead atoms. The van der Waals surface area contributed by atoms with Gasteiger partial charge in [0.15, 0.2) is 0 Å². The molecule has 0 nitrogen and oxygen atoms in total. The molecule has 0 saturated carbocycles. The second-order valence-electron chi connectivity index (χ2n) is 0. The SMILES string of the molecule is [H-].[H-].[H-].[Hg].[Li+].[Mg+2].[Mn].[Pb].